The first-order chi connectivity index (χ1) is 8.44. The molecule has 1 aliphatic heterocycles. The van der Waals surface area contributed by atoms with Crippen LogP contribution in [0.25, 0.3) is 0 Å². The monoisotopic (exact) mass is 267 g/mol. The maximum atomic E-state index is 11.5. The van der Waals surface area contributed by atoms with Gasteiger partial charge in [-0.2, -0.15) is 0 Å². The van der Waals surface area contributed by atoms with E-state index >= 15 is 0 Å². The highest BCUT2D eigenvalue weighted by Crippen LogP contribution is 2.37. The van der Waals surface area contributed by atoms with Crippen molar-refractivity contribution in [1.82, 2.24) is 4.90 Å². The third-order valence-corrected chi connectivity index (χ3v) is 4.77. The van der Waals surface area contributed by atoms with Crippen LogP contribution >= 0.6 is 11.3 Å². The molecule has 3 atom stereocenters. The smallest absolute Gasteiger partial charge is 0.224 e. The zero-order chi connectivity index (χ0) is 13.3. The topological polar surface area (TPSA) is 72.3 Å². The molecule has 100 valence electrons. The summed E-state index contributed by atoms with van der Waals surface area (Å²) in [6.07, 6.45) is 0.816. The fourth-order valence-corrected chi connectivity index (χ4v) is 3.64. The molecule has 2 rings (SSSR count). The van der Waals surface area contributed by atoms with Gasteiger partial charge in [0.05, 0.1) is 11.5 Å². The van der Waals surface area contributed by atoms with Gasteiger partial charge in [-0.05, 0) is 38.3 Å². The number of carbonyl (C=O) groups is 1. The molecule has 1 aromatic heterocycles. The maximum absolute atomic E-state index is 11.5. The van der Waals surface area contributed by atoms with E-state index in [2.05, 4.69) is 16.3 Å². The Kier molecular flexibility index (Phi) is 3.75. The molecule has 1 aliphatic rings. The zero-order valence-corrected chi connectivity index (χ0v) is 11.7. The molecule has 2 heterocycles. The Morgan fingerprint density at radius 2 is 2.33 bits per heavy atom. The number of primary amides is 1. The number of hydrogen-bond acceptors (Lipinski definition) is 4. The lowest BCUT2D eigenvalue weighted by Gasteiger charge is -2.31. The van der Waals surface area contributed by atoms with Crippen LogP contribution in [0.4, 0.5) is 0 Å². The van der Waals surface area contributed by atoms with Crippen molar-refractivity contribution in [2.45, 2.75) is 32.4 Å². The molecule has 5 heteroatoms. The summed E-state index contributed by atoms with van der Waals surface area (Å²) in [4.78, 5) is 15.1. The van der Waals surface area contributed by atoms with Gasteiger partial charge in [0, 0.05) is 17.5 Å². The van der Waals surface area contributed by atoms with E-state index in [0.717, 1.165) is 13.0 Å². The van der Waals surface area contributed by atoms with Crippen molar-refractivity contribution in [1.29, 1.82) is 0 Å². The summed E-state index contributed by atoms with van der Waals surface area (Å²) in [5, 5.41) is 2.06. The van der Waals surface area contributed by atoms with Gasteiger partial charge < -0.3 is 11.5 Å². The summed E-state index contributed by atoms with van der Waals surface area (Å²) in [6.45, 7) is 5.54. The first-order valence-corrected chi connectivity index (χ1v) is 7.15. The average Bonchev–Trinajstić information content (AvgIpc) is 2.89. The zero-order valence-electron chi connectivity index (χ0n) is 10.9. The third-order valence-electron chi connectivity index (χ3n) is 3.82. The van der Waals surface area contributed by atoms with Crippen molar-refractivity contribution in [3.63, 3.8) is 0 Å². The molecular weight excluding hydrogens is 246 g/mol. The third kappa shape index (κ3) is 2.43. The molecule has 0 radical (unpaired) electrons. The van der Waals surface area contributed by atoms with Crippen LogP contribution in [0.3, 0.4) is 0 Å². The molecule has 3 unspecified atom stereocenters. The number of rotatable bonds is 4. The first kappa shape index (κ1) is 13.5. The lowest BCUT2D eigenvalue weighted by Crippen LogP contribution is -2.41. The van der Waals surface area contributed by atoms with Gasteiger partial charge in [0.2, 0.25) is 5.91 Å². The molecule has 18 heavy (non-hydrogen) atoms. The molecule has 0 aliphatic carbocycles. The molecule has 1 fully saturated rings. The van der Waals surface area contributed by atoms with Gasteiger partial charge in [-0.15, -0.1) is 11.3 Å². The van der Waals surface area contributed by atoms with Gasteiger partial charge in [-0.1, -0.05) is 6.07 Å². The molecule has 1 amide bonds. The number of nitrogens with two attached hydrogens (primary N) is 2. The van der Waals surface area contributed by atoms with Gasteiger partial charge in [-0.3, -0.25) is 9.69 Å². The van der Waals surface area contributed by atoms with Crippen LogP contribution in [-0.4, -0.2) is 29.9 Å². The van der Waals surface area contributed by atoms with Crippen LogP contribution in [0, 0.1) is 5.41 Å². The molecular formula is C13H21N3OS. The van der Waals surface area contributed by atoms with Crippen LogP contribution in [0.1, 0.15) is 31.2 Å². The second kappa shape index (κ2) is 4.99. The molecule has 4 nitrogen and oxygen atoms in total. The van der Waals surface area contributed by atoms with E-state index in [1.165, 1.54) is 4.88 Å². The van der Waals surface area contributed by atoms with Crippen LogP contribution in [0.5, 0.6) is 0 Å². The largest absolute Gasteiger partial charge is 0.369 e. The Bertz CT molecular complexity index is 418. The van der Waals surface area contributed by atoms with Gasteiger partial charge in [0.1, 0.15) is 0 Å². The molecule has 0 spiro atoms. The normalized spacial score (nSPS) is 28.2. The lowest BCUT2D eigenvalue weighted by molar-refractivity contribution is -0.126. The Labute approximate surface area is 112 Å². The van der Waals surface area contributed by atoms with Crippen LogP contribution < -0.4 is 11.5 Å². The standard InChI is InChI=1S/C13H21N3OS/c1-9(14)11(10-4-3-7-18-10)16-6-5-13(2,8-16)12(15)17/h3-4,7,9,11H,5-6,8,14H2,1-2H3,(H2,15,17). The van der Waals surface area contributed by atoms with Crippen molar-refractivity contribution in [2.24, 2.45) is 16.9 Å². The number of thiophene rings is 1. The second-order valence-electron chi connectivity index (χ2n) is 5.46. The summed E-state index contributed by atoms with van der Waals surface area (Å²) >= 11 is 1.72. The van der Waals surface area contributed by atoms with E-state index in [-0.39, 0.29) is 18.0 Å². The Morgan fingerprint density at radius 3 is 2.78 bits per heavy atom. The highest BCUT2D eigenvalue weighted by molar-refractivity contribution is 7.10. The minimum atomic E-state index is -0.412. The van der Waals surface area contributed by atoms with E-state index in [4.69, 9.17) is 11.5 Å². The van der Waals surface area contributed by atoms with Crippen molar-refractivity contribution in [2.75, 3.05) is 13.1 Å². The van der Waals surface area contributed by atoms with E-state index < -0.39 is 5.41 Å². The quantitative estimate of drug-likeness (QED) is 0.864. The number of amides is 1. The minimum absolute atomic E-state index is 0.0406. The van der Waals surface area contributed by atoms with Crippen molar-refractivity contribution in [3.8, 4) is 0 Å². The van der Waals surface area contributed by atoms with Crippen LogP contribution in [-0.2, 0) is 4.79 Å². The molecule has 0 aromatic carbocycles. The average molecular weight is 267 g/mol. The lowest BCUT2D eigenvalue weighted by atomic mass is 9.89. The van der Waals surface area contributed by atoms with Gasteiger partial charge >= 0.3 is 0 Å². The van der Waals surface area contributed by atoms with E-state index in [1.54, 1.807) is 11.3 Å². The van der Waals surface area contributed by atoms with Crippen LogP contribution in [0.15, 0.2) is 17.5 Å². The van der Waals surface area contributed by atoms with E-state index in [0.29, 0.717) is 6.54 Å². The second-order valence-corrected chi connectivity index (χ2v) is 6.44. The number of nitrogens with zero attached hydrogens (tertiary/aromatic N) is 1. The molecule has 0 bridgehead atoms. The predicted octanol–water partition coefficient (Wildman–Crippen LogP) is 1.33. The molecule has 4 N–H and O–H groups in total. The summed E-state index contributed by atoms with van der Waals surface area (Å²) in [6, 6.07) is 4.38. The highest BCUT2D eigenvalue weighted by atomic mass is 32.1. The summed E-state index contributed by atoms with van der Waals surface area (Å²) in [5.41, 5.74) is 11.2. The number of carbonyl (C=O) groups excluding carboxylic acids is 1. The van der Waals surface area contributed by atoms with Gasteiger partial charge in [0.25, 0.3) is 0 Å². The van der Waals surface area contributed by atoms with Crippen molar-refractivity contribution in [3.05, 3.63) is 22.4 Å². The predicted molar refractivity (Wildman–Crippen MR) is 74.2 cm³/mol. The summed E-state index contributed by atoms with van der Waals surface area (Å²) in [5.74, 6) is -0.209. The fourth-order valence-electron chi connectivity index (χ4n) is 2.67. The van der Waals surface area contributed by atoms with Gasteiger partial charge in [0.15, 0.2) is 0 Å². The number of likely N-dealkylation sites (tertiary alicyclic amines) is 1. The summed E-state index contributed by atoms with van der Waals surface area (Å²) < 4.78 is 0. The first-order valence-electron chi connectivity index (χ1n) is 6.27. The molecule has 0 saturated carbocycles. The van der Waals surface area contributed by atoms with Gasteiger partial charge in [-0.25, -0.2) is 0 Å². The number of hydrogen-bond donors (Lipinski definition) is 2. The highest BCUT2D eigenvalue weighted by Gasteiger charge is 2.42. The Balaban J connectivity index is 2.18. The summed E-state index contributed by atoms with van der Waals surface area (Å²) in [7, 11) is 0. The maximum Gasteiger partial charge on any atom is 0.224 e. The van der Waals surface area contributed by atoms with Crippen molar-refractivity contribution < 1.29 is 4.79 Å². The van der Waals surface area contributed by atoms with Crippen molar-refractivity contribution >= 4 is 17.2 Å². The fraction of sp³-hybridized carbons (Fsp3) is 0.615. The van der Waals surface area contributed by atoms with E-state index in [9.17, 15) is 4.79 Å². The Morgan fingerprint density at radius 1 is 1.61 bits per heavy atom. The van der Waals surface area contributed by atoms with Crippen LogP contribution in [0.2, 0.25) is 0 Å². The Hall–Kier alpha value is -0.910. The minimum Gasteiger partial charge on any atom is -0.369 e. The van der Waals surface area contributed by atoms with E-state index in [1.807, 2.05) is 19.9 Å². The molecule has 1 saturated heterocycles. The molecule has 1 aromatic rings. The SMILES string of the molecule is CC(N)C(c1cccs1)N1CCC(C)(C(N)=O)C1.